The van der Waals surface area contributed by atoms with Crippen molar-refractivity contribution in [2.24, 2.45) is 11.8 Å². The first kappa shape index (κ1) is 11.5. The van der Waals surface area contributed by atoms with E-state index in [9.17, 15) is 0 Å². The third-order valence-electron chi connectivity index (χ3n) is 2.63. The zero-order valence-electron chi connectivity index (χ0n) is 8.72. The molecule has 0 nitrogen and oxygen atoms in total. The van der Waals surface area contributed by atoms with Crippen molar-refractivity contribution in [1.82, 2.24) is 0 Å². The quantitative estimate of drug-likeness (QED) is 0.519. The van der Waals surface area contributed by atoms with Crippen LogP contribution in [0.2, 0.25) is 0 Å². The minimum atomic E-state index is 0.816. The highest BCUT2D eigenvalue weighted by atomic mass is 14.2. The van der Waals surface area contributed by atoms with Crippen molar-refractivity contribution in [3.63, 3.8) is 0 Å². The summed E-state index contributed by atoms with van der Waals surface area (Å²) in [5.74, 6) is 1.70. The van der Waals surface area contributed by atoms with Crippen molar-refractivity contribution in [2.45, 2.75) is 40.0 Å². The zero-order chi connectivity index (χ0) is 9.40. The first-order valence-electron chi connectivity index (χ1n) is 5.03. The van der Waals surface area contributed by atoms with Crippen LogP contribution >= 0.6 is 0 Å². The van der Waals surface area contributed by atoms with E-state index in [1.54, 1.807) is 0 Å². The summed E-state index contributed by atoms with van der Waals surface area (Å²) in [5.41, 5.74) is 0. The van der Waals surface area contributed by atoms with E-state index >= 15 is 0 Å². The van der Waals surface area contributed by atoms with E-state index in [-0.39, 0.29) is 0 Å². The Kier molecular flexibility index (Phi) is 6.84. The van der Waals surface area contributed by atoms with Crippen molar-refractivity contribution in [3.05, 3.63) is 24.8 Å². The summed E-state index contributed by atoms with van der Waals surface area (Å²) in [4.78, 5) is 0. The number of allylic oxidation sites excluding steroid dienone is 3. The fourth-order valence-corrected chi connectivity index (χ4v) is 1.68. The van der Waals surface area contributed by atoms with E-state index in [1.165, 1.54) is 19.3 Å². The molecule has 0 aromatic carbocycles. The van der Waals surface area contributed by atoms with Crippen LogP contribution in [0.25, 0.3) is 0 Å². The fraction of sp³-hybridized carbons (Fsp3) is 0.667. The summed E-state index contributed by atoms with van der Waals surface area (Å²) in [7, 11) is 0. The topological polar surface area (TPSA) is 0 Å². The van der Waals surface area contributed by atoms with Crippen LogP contribution in [0.4, 0.5) is 0 Å². The molecule has 0 rings (SSSR count). The second-order valence-corrected chi connectivity index (χ2v) is 3.45. The van der Waals surface area contributed by atoms with Gasteiger partial charge in [0.2, 0.25) is 0 Å². The lowest BCUT2D eigenvalue weighted by atomic mass is 9.87. The highest BCUT2D eigenvalue weighted by Gasteiger charge is 2.10. The van der Waals surface area contributed by atoms with Gasteiger partial charge in [-0.05, 0) is 18.3 Å². The van der Waals surface area contributed by atoms with E-state index in [0.29, 0.717) is 0 Å². The maximum atomic E-state index is 3.66. The summed E-state index contributed by atoms with van der Waals surface area (Å²) < 4.78 is 0. The van der Waals surface area contributed by atoms with Gasteiger partial charge < -0.3 is 0 Å². The van der Waals surface area contributed by atoms with Gasteiger partial charge >= 0.3 is 0 Å². The van der Waals surface area contributed by atoms with Gasteiger partial charge in [-0.3, -0.25) is 0 Å². The lowest BCUT2D eigenvalue weighted by Gasteiger charge is -2.19. The summed E-state index contributed by atoms with van der Waals surface area (Å²) in [6, 6.07) is 0. The Morgan fingerprint density at radius 1 is 1.25 bits per heavy atom. The van der Waals surface area contributed by atoms with Crippen LogP contribution in [-0.4, -0.2) is 0 Å². The molecule has 0 fully saturated rings. The third-order valence-corrected chi connectivity index (χ3v) is 2.63. The van der Waals surface area contributed by atoms with Gasteiger partial charge in [-0.1, -0.05) is 58.4 Å². The molecule has 0 heterocycles. The average molecular weight is 166 g/mol. The van der Waals surface area contributed by atoms with Crippen LogP contribution in [0.5, 0.6) is 0 Å². The maximum Gasteiger partial charge on any atom is -0.0319 e. The molecule has 0 aromatic heterocycles. The van der Waals surface area contributed by atoms with E-state index in [4.69, 9.17) is 0 Å². The average Bonchev–Trinajstić information content (AvgIpc) is 2.07. The summed E-state index contributed by atoms with van der Waals surface area (Å²) in [6.45, 7) is 10.6. The van der Waals surface area contributed by atoms with E-state index < -0.39 is 0 Å². The molecule has 0 heteroatoms. The Labute approximate surface area is 77.4 Å². The molecule has 1 unspecified atom stereocenters. The van der Waals surface area contributed by atoms with Crippen molar-refractivity contribution in [3.8, 4) is 0 Å². The molecule has 0 radical (unpaired) electrons. The molecular formula is C12H22. The Balaban J connectivity index is 3.75. The fourth-order valence-electron chi connectivity index (χ4n) is 1.68. The van der Waals surface area contributed by atoms with Gasteiger partial charge in [-0.15, -0.1) is 0 Å². The minimum Gasteiger partial charge on any atom is -0.0991 e. The standard InChI is InChI=1S/C12H22/c1-5-8-9-10-11(4)12(6-2)7-3/h5,8-9,11-12H,1,6-7,10H2,2-4H3. The van der Waals surface area contributed by atoms with Gasteiger partial charge in [-0.25, -0.2) is 0 Å². The minimum absolute atomic E-state index is 0.816. The first-order chi connectivity index (χ1) is 5.76. The summed E-state index contributed by atoms with van der Waals surface area (Å²) in [6.07, 6.45) is 9.91. The Hall–Kier alpha value is -0.520. The molecule has 0 aliphatic carbocycles. The number of hydrogen-bond acceptors (Lipinski definition) is 0. The molecule has 0 saturated carbocycles. The largest absolute Gasteiger partial charge is 0.0991 e. The van der Waals surface area contributed by atoms with Gasteiger partial charge in [0.05, 0.1) is 0 Å². The predicted octanol–water partition coefficient (Wildman–Crippen LogP) is 4.19. The van der Waals surface area contributed by atoms with Crippen LogP contribution in [-0.2, 0) is 0 Å². The van der Waals surface area contributed by atoms with Gasteiger partial charge in [0.25, 0.3) is 0 Å². The van der Waals surface area contributed by atoms with E-state index in [2.05, 4.69) is 33.4 Å². The molecule has 0 bridgehead atoms. The normalized spacial score (nSPS) is 14.0. The molecule has 70 valence electrons. The maximum absolute atomic E-state index is 3.66. The van der Waals surface area contributed by atoms with Crippen molar-refractivity contribution < 1.29 is 0 Å². The highest BCUT2D eigenvalue weighted by molar-refractivity contribution is 4.97. The summed E-state index contributed by atoms with van der Waals surface area (Å²) in [5, 5.41) is 0. The molecule has 0 spiro atoms. The lowest BCUT2D eigenvalue weighted by Crippen LogP contribution is -2.08. The van der Waals surface area contributed by atoms with Gasteiger partial charge in [0.1, 0.15) is 0 Å². The zero-order valence-corrected chi connectivity index (χ0v) is 8.72. The Bertz CT molecular complexity index is 129. The Morgan fingerprint density at radius 2 is 1.83 bits per heavy atom. The van der Waals surface area contributed by atoms with E-state index in [1.807, 2.05) is 12.2 Å². The van der Waals surface area contributed by atoms with Gasteiger partial charge in [-0.2, -0.15) is 0 Å². The van der Waals surface area contributed by atoms with Crippen LogP contribution < -0.4 is 0 Å². The first-order valence-corrected chi connectivity index (χ1v) is 5.03. The van der Waals surface area contributed by atoms with Crippen molar-refractivity contribution in [2.75, 3.05) is 0 Å². The molecular weight excluding hydrogens is 144 g/mol. The predicted molar refractivity (Wildman–Crippen MR) is 57.2 cm³/mol. The second-order valence-electron chi connectivity index (χ2n) is 3.45. The molecule has 0 aliphatic heterocycles. The number of rotatable bonds is 6. The molecule has 0 amide bonds. The lowest BCUT2D eigenvalue weighted by molar-refractivity contribution is 0.339. The molecule has 0 aromatic rings. The van der Waals surface area contributed by atoms with Crippen LogP contribution in [0.3, 0.4) is 0 Å². The highest BCUT2D eigenvalue weighted by Crippen LogP contribution is 2.22. The smallest absolute Gasteiger partial charge is 0.0319 e. The molecule has 12 heavy (non-hydrogen) atoms. The van der Waals surface area contributed by atoms with Crippen molar-refractivity contribution in [1.29, 1.82) is 0 Å². The van der Waals surface area contributed by atoms with Crippen LogP contribution in [0.15, 0.2) is 24.8 Å². The SMILES string of the molecule is C=CC=CCC(C)C(CC)CC. The molecule has 0 saturated heterocycles. The van der Waals surface area contributed by atoms with E-state index in [0.717, 1.165) is 11.8 Å². The monoisotopic (exact) mass is 166 g/mol. The second kappa shape index (κ2) is 7.15. The van der Waals surface area contributed by atoms with Gasteiger partial charge in [0, 0.05) is 0 Å². The summed E-state index contributed by atoms with van der Waals surface area (Å²) >= 11 is 0. The third kappa shape index (κ3) is 4.38. The van der Waals surface area contributed by atoms with Crippen LogP contribution in [0.1, 0.15) is 40.0 Å². The van der Waals surface area contributed by atoms with Crippen molar-refractivity contribution >= 4 is 0 Å². The molecule has 0 aliphatic rings. The van der Waals surface area contributed by atoms with Gasteiger partial charge in [0.15, 0.2) is 0 Å². The molecule has 0 N–H and O–H groups in total. The number of hydrogen-bond donors (Lipinski definition) is 0. The van der Waals surface area contributed by atoms with Crippen LogP contribution in [0, 0.1) is 11.8 Å². The molecule has 1 atom stereocenters. The Morgan fingerprint density at radius 3 is 2.25 bits per heavy atom.